The summed E-state index contributed by atoms with van der Waals surface area (Å²) in [6, 6.07) is 4.92. The van der Waals surface area contributed by atoms with Crippen molar-refractivity contribution in [1.82, 2.24) is 14.6 Å². The third-order valence-corrected chi connectivity index (χ3v) is 2.80. The van der Waals surface area contributed by atoms with Crippen molar-refractivity contribution in [2.24, 2.45) is 0 Å². The Morgan fingerprint density at radius 1 is 1.14 bits per heavy atom. The minimum absolute atomic E-state index is 0.00481. The number of hydrogen-bond acceptors (Lipinski definition) is 4. The van der Waals surface area contributed by atoms with Gasteiger partial charge >= 0.3 is 6.18 Å². The molecule has 0 aliphatic rings. The van der Waals surface area contributed by atoms with Crippen LogP contribution >= 0.6 is 0 Å². The van der Waals surface area contributed by atoms with Gasteiger partial charge in [-0.05, 0) is 24.3 Å². The van der Waals surface area contributed by atoms with Crippen molar-refractivity contribution in [3.05, 3.63) is 48.4 Å². The molecule has 0 aliphatic carbocycles. The van der Waals surface area contributed by atoms with E-state index in [1.54, 1.807) is 12.3 Å². The third-order valence-electron chi connectivity index (χ3n) is 2.80. The summed E-state index contributed by atoms with van der Waals surface area (Å²) in [5.74, 6) is -0.330. The van der Waals surface area contributed by atoms with Gasteiger partial charge in [0.05, 0.1) is 6.20 Å². The number of rotatable bonds is 2. The van der Waals surface area contributed by atoms with Crippen LogP contribution in [0.3, 0.4) is 0 Å². The minimum atomic E-state index is -4.57. The second kappa shape index (κ2) is 4.65. The van der Waals surface area contributed by atoms with Crippen LogP contribution in [0.2, 0.25) is 0 Å². The van der Waals surface area contributed by atoms with Crippen molar-refractivity contribution < 1.29 is 17.9 Å². The molecule has 0 atom stereocenters. The normalized spacial score (nSPS) is 11.8. The summed E-state index contributed by atoms with van der Waals surface area (Å²) in [7, 11) is 0. The molecule has 2 heterocycles. The van der Waals surface area contributed by atoms with E-state index in [1.165, 1.54) is 29.0 Å². The van der Waals surface area contributed by atoms with Gasteiger partial charge in [0, 0.05) is 18.1 Å². The van der Waals surface area contributed by atoms with Crippen LogP contribution in [0.5, 0.6) is 11.6 Å². The van der Waals surface area contributed by atoms with E-state index in [-0.39, 0.29) is 17.3 Å². The van der Waals surface area contributed by atoms with E-state index in [2.05, 4.69) is 10.1 Å². The number of fused-ring (bicyclic) bond motifs is 1. The molecule has 2 aromatic heterocycles. The van der Waals surface area contributed by atoms with Crippen molar-refractivity contribution >= 4 is 11.2 Å². The summed E-state index contributed by atoms with van der Waals surface area (Å²) in [5, 5.41) is 3.96. The lowest BCUT2D eigenvalue weighted by Gasteiger charge is -2.14. The van der Waals surface area contributed by atoms with Crippen LogP contribution in [0, 0.1) is 0 Å². The highest BCUT2D eigenvalue weighted by Crippen LogP contribution is 2.39. The fourth-order valence-electron chi connectivity index (χ4n) is 1.87. The van der Waals surface area contributed by atoms with E-state index in [9.17, 15) is 13.2 Å². The molecule has 108 valence electrons. The largest absolute Gasteiger partial charge is 0.436 e. The topological polar surface area (TPSA) is 65.4 Å². The van der Waals surface area contributed by atoms with Gasteiger partial charge in [-0.15, -0.1) is 0 Å². The predicted molar refractivity (Wildman–Crippen MR) is 68.9 cm³/mol. The zero-order chi connectivity index (χ0) is 15.0. The summed E-state index contributed by atoms with van der Waals surface area (Å²) in [5.41, 5.74) is 4.92. The number of hydrogen-bond donors (Lipinski definition) is 1. The number of anilines is 1. The third kappa shape index (κ3) is 2.47. The summed E-state index contributed by atoms with van der Waals surface area (Å²) in [6.07, 6.45) is -0.122. The molecule has 8 heteroatoms. The molecule has 1 aromatic carbocycles. The van der Waals surface area contributed by atoms with Gasteiger partial charge in [-0.1, -0.05) is 0 Å². The highest BCUT2D eigenvalue weighted by molar-refractivity contribution is 5.57. The number of nitrogens with two attached hydrogens (primary N) is 1. The summed E-state index contributed by atoms with van der Waals surface area (Å²) in [6.45, 7) is 0. The Bertz CT molecular complexity index is 797. The zero-order valence-corrected chi connectivity index (χ0v) is 10.5. The fraction of sp³-hybridized carbons (Fsp3) is 0.0769. The van der Waals surface area contributed by atoms with Gasteiger partial charge in [0.1, 0.15) is 16.8 Å². The van der Waals surface area contributed by atoms with E-state index in [0.29, 0.717) is 5.52 Å². The van der Waals surface area contributed by atoms with Crippen LogP contribution in [-0.4, -0.2) is 14.6 Å². The standard InChI is InChI=1S/C13H9F3N4O/c14-13(15,16)9-7-8(17)1-2-11(9)21-12-10-3-4-19-20(10)6-5-18-12/h1-7H,17H2. The van der Waals surface area contributed by atoms with Crippen LogP contribution in [0.25, 0.3) is 5.52 Å². The first-order chi connectivity index (χ1) is 9.95. The molecule has 0 aliphatic heterocycles. The maximum absolute atomic E-state index is 13.0. The molecule has 0 saturated carbocycles. The lowest BCUT2D eigenvalue weighted by atomic mass is 10.1. The molecule has 0 unspecified atom stereocenters. The van der Waals surface area contributed by atoms with Gasteiger partial charge < -0.3 is 10.5 Å². The van der Waals surface area contributed by atoms with Crippen LogP contribution in [0.4, 0.5) is 18.9 Å². The van der Waals surface area contributed by atoms with E-state index in [4.69, 9.17) is 10.5 Å². The Kier molecular flexibility index (Phi) is 2.93. The minimum Gasteiger partial charge on any atom is -0.436 e. The number of aromatic nitrogens is 3. The Balaban J connectivity index is 2.08. The highest BCUT2D eigenvalue weighted by Gasteiger charge is 2.35. The first-order valence-corrected chi connectivity index (χ1v) is 5.88. The average Bonchev–Trinajstić information content (AvgIpc) is 2.89. The van der Waals surface area contributed by atoms with Crippen molar-refractivity contribution in [2.45, 2.75) is 6.18 Å². The van der Waals surface area contributed by atoms with E-state index < -0.39 is 11.7 Å². The van der Waals surface area contributed by atoms with Gasteiger partial charge in [-0.2, -0.15) is 18.3 Å². The Labute approximate surface area is 116 Å². The molecular formula is C13H9F3N4O. The summed E-state index contributed by atoms with van der Waals surface area (Å²) >= 11 is 0. The lowest BCUT2D eigenvalue weighted by Crippen LogP contribution is -2.08. The van der Waals surface area contributed by atoms with Crippen LogP contribution < -0.4 is 10.5 Å². The second-order valence-electron chi connectivity index (χ2n) is 4.25. The van der Waals surface area contributed by atoms with Crippen LogP contribution in [0.15, 0.2) is 42.9 Å². The average molecular weight is 294 g/mol. The molecular weight excluding hydrogens is 285 g/mol. The van der Waals surface area contributed by atoms with Gasteiger partial charge in [-0.3, -0.25) is 0 Å². The number of ether oxygens (including phenoxy) is 1. The molecule has 3 aromatic rings. The van der Waals surface area contributed by atoms with Crippen molar-refractivity contribution in [2.75, 3.05) is 5.73 Å². The SMILES string of the molecule is Nc1ccc(Oc2nccn3nccc23)c(C(F)(F)F)c1. The maximum atomic E-state index is 13.0. The molecule has 3 rings (SSSR count). The van der Waals surface area contributed by atoms with E-state index in [0.717, 1.165) is 6.07 Å². The smallest absolute Gasteiger partial charge is 0.420 e. The van der Waals surface area contributed by atoms with Crippen molar-refractivity contribution in [3.8, 4) is 11.6 Å². The summed E-state index contributed by atoms with van der Waals surface area (Å²) < 4.78 is 45.8. The Morgan fingerprint density at radius 2 is 1.95 bits per heavy atom. The number of nitrogens with zero attached hydrogens (tertiary/aromatic N) is 3. The van der Waals surface area contributed by atoms with Crippen LogP contribution in [0.1, 0.15) is 5.56 Å². The molecule has 0 fully saturated rings. The maximum Gasteiger partial charge on any atom is 0.420 e. The molecule has 21 heavy (non-hydrogen) atoms. The first kappa shape index (κ1) is 13.2. The van der Waals surface area contributed by atoms with Gasteiger partial charge in [-0.25, -0.2) is 9.50 Å². The van der Waals surface area contributed by atoms with Crippen molar-refractivity contribution in [1.29, 1.82) is 0 Å². The van der Waals surface area contributed by atoms with E-state index >= 15 is 0 Å². The van der Waals surface area contributed by atoms with Gasteiger partial charge in [0.25, 0.3) is 0 Å². The summed E-state index contributed by atoms with van der Waals surface area (Å²) in [4.78, 5) is 3.94. The van der Waals surface area contributed by atoms with Gasteiger partial charge in [0.15, 0.2) is 0 Å². The molecule has 0 bridgehead atoms. The molecule has 0 amide bonds. The van der Waals surface area contributed by atoms with E-state index in [1.807, 2.05) is 0 Å². The first-order valence-electron chi connectivity index (χ1n) is 5.88. The quantitative estimate of drug-likeness (QED) is 0.737. The molecule has 0 radical (unpaired) electrons. The predicted octanol–water partition coefficient (Wildman–Crippen LogP) is 3.12. The van der Waals surface area contributed by atoms with Crippen molar-refractivity contribution in [3.63, 3.8) is 0 Å². The lowest BCUT2D eigenvalue weighted by molar-refractivity contribution is -0.138. The highest BCUT2D eigenvalue weighted by atomic mass is 19.4. The monoisotopic (exact) mass is 294 g/mol. The fourth-order valence-corrected chi connectivity index (χ4v) is 1.87. The van der Waals surface area contributed by atoms with Gasteiger partial charge in [0.2, 0.25) is 5.88 Å². The second-order valence-corrected chi connectivity index (χ2v) is 4.25. The number of benzene rings is 1. The number of halogens is 3. The number of alkyl halides is 3. The Hall–Kier alpha value is -2.77. The molecule has 5 nitrogen and oxygen atoms in total. The zero-order valence-electron chi connectivity index (χ0n) is 10.5. The molecule has 2 N–H and O–H groups in total. The Morgan fingerprint density at radius 3 is 2.71 bits per heavy atom. The molecule has 0 spiro atoms. The number of nitrogen functional groups attached to an aromatic ring is 1. The molecule has 0 saturated heterocycles. The van der Waals surface area contributed by atoms with Crippen LogP contribution in [-0.2, 0) is 6.18 Å².